The molecule has 0 saturated carbocycles. The van der Waals surface area contributed by atoms with Crippen molar-refractivity contribution in [1.29, 1.82) is 0 Å². The summed E-state index contributed by atoms with van der Waals surface area (Å²) in [5.74, 6) is 1.88. The van der Waals surface area contributed by atoms with Crippen LogP contribution in [-0.2, 0) is 9.53 Å². The van der Waals surface area contributed by atoms with E-state index in [0.717, 1.165) is 43.9 Å². The number of pyridine rings is 1. The number of piperidine rings is 1. The predicted octanol–water partition coefficient (Wildman–Crippen LogP) is 3.39. The Morgan fingerprint density at radius 3 is 2.86 bits per heavy atom. The average molecular weight is 329 g/mol. The molecule has 1 aromatic rings. The van der Waals surface area contributed by atoms with Crippen molar-refractivity contribution in [2.75, 3.05) is 30.0 Å². The molecule has 6 heteroatoms. The van der Waals surface area contributed by atoms with Crippen LogP contribution in [0.3, 0.4) is 0 Å². The standard InChI is InChI=1S/C15H21ClN2O2S/c1-21-10-2-3-15(19)20-13-6-8-18(9-7-13)14-5-4-12(16)11-17-14/h4-5,11,13H,2-3,6-10H2,1H3. The first kappa shape index (κ1) is 16.4. The van der Waals surface area contributed by atoms with E-state index in [1.165, 1.54) is 0 Å². The van der Waals surface area contributed by atoms with Crippen LogP contribution < -0.4 is 4.90 Å². The summed E-state index contributed by atoms with van der Waals surface area (Å²) in [6, 6.07) is 3.78. The lowest BCUT2D eigenvalue weighted by atomic mass is 10.1. The fraction of sp³-hybridized carbons (Fsp3) is 0.600. The number of ether oxygens (including phenoxy) is 1. The van der Waals surface area contributed by atoms with Crippen molar-refractivity contribution in [3.05, 3.63) is 23.4 Å². The minimum Gasteiger partial charge on any atom is -0.462 e. The summed E-state index contributed by atoms with van der Waals surface area (Å²) in [6.45, 7) is 1.72. The summed E-state index contributed by atoms with van der Waals surface area (Å²) in [5, 5.41) is 0.646. The fourth-order valence-electron chi connectivity index (χ4n) is 2.36. The Morgan fingerprint density at radius 1 is 1.48 bits per heavy atom. The summed E-state index contributed by atoms with van der Waals surface area (Å²) in [7, 11) is 0. The third kappa shape index (κ3) is 5.40. The van der Waals surface area contributed by atoms with Gasteiger partial charge >= 0.3 is 5.97 Å². The molecule has 0 aliphatic carbocycles. The van der Waals surface area contributed by atoms with Gasteiger partial charge in [-0.15, -0.1) is 0 Å². The molecule has 0 atom stereocenters. The van der Waals surface area contributed by atoms with E-state index in [2.05, 4.69) is 9.88 Å². The SMILES string of the molecule is CSCCCC(=O)OC1CCN(c2ccc(Cl)cn2)CC1. The molecule has 1 aliphatic heterocycles. The number of nitrogens with zero attached hydrogens (tertiary/aromatic N) is 2. The van der Waals surface area contributed by atoms with Crippen molar-refractivity contribution in [2.24, 2.45) is 0 Å². The Hall–Kier alpha value is -0.940. The third-order valence-corrected chi connectivity index (χ3v) is 4.43. The molecular weight excluding hydrogens is 308 g/mol. The van der Waals surface area contributed by atoms with Crippen LogP contribution in [0.2, 0.25) is 5.02 Å². The molecule has 4 nitrogen and oxygen atoms in total. The summed E-state index contributed by atoms with van der Waals surface area (Å²) < 4.78 is 5.52. The smallest absolute Gasteiger partial charge is 0.306 e. The summed E-state index contributed by atoms with van der Waals surface area (Å²) >= 11 is 7.60. The van der Waals surface area contributed by atoms with Gasteiger partial charge in [0.2, 0.25) is 0 Å². The highest BCUT2D eigenvalue weighted by Gasteiger charge is 2.22. The van der Waals surface area contributed by atoms with Crippen molar-refractivity contribution in [1.82, 2.24) is 4.98 Å². The zero-order valence-electron chi connectivity index (χ0n) is 12.3. The average Bonchev–Trinajstić information content (AvgIpc) is 2.49. The first-order valence-electron chi connectivity index (χ1n) is 7.24. The molecule has 1 aromatic heterocycles. The largest absolute Gasteiger partial charge is 0.462 e. The normalized spacial score (nSPS) is 16.0. The number of aromatic nitrogens is 1. The minimum absolute atomic E-state index is 0.0512. The molecule has 116 valence electrons. The van der Waals surface area contributed by atoms with Crippen LogP contribution >= 0.6 is 23.4 Å². The minimum atomic E-state index is -0.0629. The van der Waals surface area contributed by atoms with Crippen molar-refractivity contribution in [3.8, 4) is 0 Å². The van der Waals surface area contributed by atoms with Crippen LogP contribution in [0.5, 0.6) is 0 Å². The molecule has 1 saturated heterocycles. The first-order valence-corrected chi connectivity index (χ1v) is 9.01. The Morgan fingerprint density at radius 2 is 2.24 bits per heavy atom. The predicted molar refractivity (Wildman–Crippen MR) is 88.2 cm³/mol. The zero-order chi connectivity index (χ0) is 15.1. The number of halogens is 1. The van der Waals surface area contributed by atoms with E-state index in [1.807, 2.05) is 18.4 Å². The maximum atomic E-state index is 11.7. The molecule has 1 aliphatic rings. The van der Waals surface area contributed by atoms with E-state index in [0.29, 0.717) is 11.4 Å². The fourth-order valence-corrected chi connectivity index (χ4v) is 2.91. The van der Waals surface area contributed by atoms with Crippen LogP contribution in [0.15, 0.2) is 18.3 Å². The number of anilines is 1. The maximum absolute atomic E-state index is 11.7. The monoisotopic (exact) mass is 328 g/mol. The van der Waals surface area contributed by atoms with E-state index in [9.17, 15) is 4.79 Å². The van der Waals surface area contributed by atoms with Crippen LogP contribution in [0.1, 0.15) is 25.7 Å². The topological polar surface area (TPSA) is 42.4 Å². The lowest BCUT2D eigenvalue weighted by Gasteiger charge is -2.32. The Kier molecular flexibility index (Phi) is 6.64. The Balaban J connectivity index is 1.73. The molecule has 21 heavy (non-hydrogen) atoms. The molecule has 2 rings (SSSR count). The second-order valence-electron chi connectivity index (χ2n) is 5.11. The molecule has 0 unspecified atom stereocenters. The number of hydrogen-bond acceptors (Lipinski definition) is 5. The Bertz CT molecular complexity index is 447. The van der Waals surface area contributed by atoms with Gasteiger partial charge in [0.25, 0.3) is 0 Å². The van der Waals surface area contributed by atoms with Crippen molar-refractivity contribution < 1.29 is 9.53 Å². The van der Waals surface area contributed by atoms with Gasteiger partial charge in [0.05, 0.1) is 5.02 Å². The highest BCUT2D eigenvalue weighted by Crippen LogP contribution is 2.21. The third-order valence-electron chi connectivity index (χ3n) is 3.51. The quantitative estimate of drug-likeness (QED) is 0.591. The van der Waals surface area contributed by atoms with Crippen molar-refractivity contribution in [3.63, 3.8) is 0 Å². The molecule has 0 amide bonds. The second kappa shape index (κ2) is 8.49. The van der Waals surface area contributed by atoms with E-state index in [-0.39, 0.29) is 12.1 Å². The highest BCUT2D eigenvalue weighted by molar-refractivity contribution is 7.98. The van der Waals surface area contributed by atoms with Gasteiger partial charge in [0, 0.05) is 38.5 Å². The van der Waals surface area contributed by atoms with E-state index < -0.39 is 0 Å². The van der Waals surface area contributed by atoms with E-state index >= 15 is 0 Å². The lowest BCUT2D eigenvalue weighted by molar-refractivity contribution is -0.149. The molecule has 0 aromatic carbocycles. The van der Waals surface area contributed by atoms with E-state index in [1.54, 1.807) is 18.0 Å². The van der Waals surface area contributed by atoms with Crippen LogP contribution in [-0.4, -0.2) is 42.2 Å². The van der Waals surface area contributed by atoms with E-state index in [4.69, 9.17) is 16.3 Å². The molecule has 2 heterocycles. The van der Waals surface area contributed by atoms with Gasteiger partial charge < -0.3 is 9.64 Å². The van der Waals surface area contributed by atoms with Gasteiger partial charge in [-0.05, 0) is 30.6 Å². The molecule has 0 N–H and O–H groups in total. The maximum Gasteiger partial charge on any atom is 0.306 e. The number of carbonyl (C=O) groups is 1. The molecule has 0 radical (unpaired) electrons. The summed E-state index contributed by atoms with van der Waals surface area (Å²) in [6.07, 6.45) is 6.90. The number of thioether (sulfide) groups is 1. The second-order valence-corrected chi connectivity index (χ2v) is 6.53. The lowest BCUT2D eigenvalue weighted by Crippen LogP contribution is -2.38. The number of carbonyl (C=O) groups excluding carboxylic acids is 1. The number of rotatable bonds is 6. The Labute approximate surface area is 135 Å². The molecule has 0 spiro atoms. The van der Waals surface area contributed by atoms with Gasteiger partial charge in [-0.25, -0.2) is 4.98 Å². The van der Waals surface area contributed by atoms with Gasteiger partial charge in [-0.1, -0.05) is 11.6 Å². The molecule has 0 bridgehead atoms. The van der Waals surface area contributed by atoms with Crippen molar-refractivity contribution >= 4 is 35.1 Å². The molecule has 1 fully saturated rings. The zero-order valence-corrected chi connectivity index (χ0v) is 13.8. The molecular formula is C15H21ClN2O2S. The number of hydrogen-bond donors (Lipinski definition) is 0. The van der Waals surface area contributed by atoms with Gasteiger partial charge in [0.1, 0.15) is 11.9 Å². The summed E-state index contributed by atoms with van der Waals surface area (Å²) in [5.41, 5.74) is 0. The number of esters is 1. The van der Waals surface area contributed by atoms with Crippen molar-refractivity contribution in [2.45, 2.75) is 31.8 Å². The van der Waals surface area contributed by atoms with Gasteiger partial charge in [-0.3, -0.25) is 4.79 Å². The van der Waals surface area contributed by atoms with Gasteiger partial charge in [0.15, 0.2) is 0 Å². The van der Waals surface area contributed by atoms with Crippen LogP contribution in [0, 0.1) is 0 Å². The van der Waals surface area contributed by atoms with Crippen LogP contribution in [0.4, 0.5) is 5.82 Å². The highest BCUT2D eigenvalue weighted by atomic mass is 35.5. The summed E-state index contributed by atoms with van der Waals surface area (Å²) in [4.78, 5) is 18.2. The van der Waals surface area contributed by atoms with Gasteiger partial charge in [-0.2, -0.15) is 11.8 Å². The van der Waals surface area contributed by atoms with Crippen LogP contribution in [0.25, 0.3) is 0 Å². The first-order chi connectivity index (χ1) is 10.2.